The summed E-state index contributed by atoms with van der Waals surface area (Å²) < 4.78 is 5.64. The van der Waals surface area contributed by atoms with Crippen molar-refractivity contribution in [3.8, 4) is 0 Å². The van der Waals surface area contributed by atoms with Gasteiger partial charge in [-0.3, -0.25) is 14.5 Å². The van der Waals surface area contributed by atoms with Gasteiger partial charge in [0.05, 0.1) is 34.5 Å². The molecule has 7 nitrogen and oxygen atoms in total. The van der Waals surface area contributed by atoms with Crippen molar-refractivity contribution in [1.29, 1.82) is 0 Å². The smallest absolute Gasteiger partial charge is 0.337 e. The van der Waals surface area contributed by atoms with Crippen molar-refractivity contribution in [2.75, 3.05) is 12.0 Å². The van der Waals surface area contributed by atoms with E-state index in [0.717, 1.165) is 10.3 Å². The number of aliphatic hydroxyl groups is 1. The molecule has 0 saturated carbocycles. The summed E-state index contributed by atoms with van der Waals surface area (Å²) in [5.41, 5.74) is 2.83. The highest BCUT2D eigenvalue weighted by Crippen LogP contribution is 2.44. The Labute approximate surface area is 215 Å². The molecular formula is C27H19ClN2O5S. The SMILES string of the molecule is COC(=O)c1ccc(C2C(=C(O)c3ccc(Cl)cc3)C(=O)C(=O)N2c2nc3ccc(C)cc3s2)cc1. The monoisotopic (exact) mass is 518 g/mol. The summed E-state index contributed by atoms with van der Waals surface area (Å²) in [7, 11) is 1.28. The van der Waals surface area contributed by atoms with Crippen LogP contribution in [0.1, 0.15) is 33.1 Å². The number of anilines is 1. The minimum Gasteiger partial charge on any atom is -0.507 e. The molecule has 2 heterocycles. The zero-order valence-electron chi connectivity index (χ0n) is 19.2. The van der Waals surface area contributed by atoms with Crippen molar-refractivity contribution in [2.45, 2.75) is 13.0 Å². The van der Waals surface area contributed by atoms with E-state index in [1.54, 1.807) is 48.5 Å². The van der Waals surface area contributed by atoms with Crippen LogP contribution >= 0.6 is 22.9 Å². The lowest BCUT2D eigenvalue weighted by atomic mass is 9.95. The van der Waals surface area contributed by atoms with Crippen LogP contribution in [0.2, 0.25) is 5.02 Å². The van der Waals surface area contributed by atoms with Gasteiger partial charge in [-0.2, -0.15) is 0 Å². The molecule has 1 N–H and O–H groups in total. The first-order valence-corrected chi connectivity index (χ1v) is 12.1. The predicted octanol–water partition coefficient (Wildman–Crippen LogP) is 5.67. The summed E-state index contributed by atoms with van der Waals surface area (Å²) in [4.78, 5) is 44.5. The van der Waals surface area contributed by atoms with E-state index in [1.165, 1.54) is 23.3 Å². The Balaban J connectivity index is 1.70. The fourth-order valence-electron chi connectivity index (χ4n) is 4.15. The van der Waals surface area contributed by atoms with E-state index in [0.29, 0.717) is 32.4 Å². The molecule has 36 heavy (non-hydrogen) atoms. The summed E-state index contributed by atoms with van der Waals surface area (Å²) in [6.45, 7) is 1.96. The van der Waals surface area contributed by atoms with Crippen molar-refractivity contribution >= 4 is 61.7 Å². The average Bonchev–Trinajstić information content (AvgIpc) is 3.41. The third-order valence-electron chi connectivity index (χ3n) is 5.95. The molecular weight excluding hydrogens is 500 g/mol. The molecule has 1 atom stereocenters. The molecule has 0 aliphatic carbocycles. The highest BCUT2D eigenvalue weighted by Gasteiger charge is 2.48. The Kier molecular flexibility index (Phi) is 6.07. The number of carbonyl (C=O) groups is 3. The molecule has 5 rings (SSSR count). The normalized spacial score (nSPS) is 17.1. The maximum atomic E-state index is 13.4. The number of ketones is 1. The fraction of sp³-hybridized carbons (Fsp3) is 0.111. The summed E-state index contributed by atoms with van der Waals surface area (Å²) in [5, 5.41) is 12.0. The quantitative estimate of drug-likeness (QED) is 0.162. The lowest BCUT2D eigenvalue weighted by molar-refractivity contribution is -0.132. The van der Waals surface area contributed by atoms with Crippen LogP contribution in [0.15, 0.2) is 72.3 Å². The van der Waals surface area contributed by atoms with Crippen LogP contribution in [-0.4, -0.2) is 34.9 Å². The number of hydrogen-bond acceptors (Lipinski definition) is 7. The molecule has 4 aromatic rings. The van der Waals surface area contributed by atoms with E-state index in [1.807, 2.05) is 25.1 Å². The lowest BCUT2D eigenvalue weighted by Crippen LogP contribution is -2.29. The van der Waals surface area contributed by atoms with Crippen LogP contribution < -0.4 is 4.90 Å². The molecule has 180 valence electrons. The van der Waals surface area contributed by atoms with Crippen molar-refractivity contribution in [3.05, 3.63) is 99.6 Å². The molecule has 0 radical (unpaired) electrons. The number of methoxy groups -OCH3 is 1. The number of aromatic nitrogens is 1. The Hall–Kier alpha value is -4.01. The largest absolute Gasteiger partial charge is 0.507 e. The standard InChI is InChI=1S/C27H19ClN2O5S/c1-14-3-12-19-20(13-14)36-27(29-19)30-22(15-4-6-17(7-5-15)26(34)35-2)21(24(32)25(30)33)23(31)16-8-10-18(28)11-9-16/h3-13,22,31H,1-2H3. The van der Waals surface area contributed by atoms with Crippen molar-refractivity contribution in [2.24, 2.45) is 0 Å². The maximum Gasteiger partial charge on any atom is 0.337 e. The molecule has 1 aliphatic rings. The van der Waals surface area contributed by atoms with Crippen LogP contribution in [0, 0.1) is 6.92 Å². The van der Waals surface area contributed by atoms with Gasteiger partial charge >= 0.3 is 11.9 Å². The van der Waals surface area contributed by atoms with Gasteiger partial charge in [0.2, 0.25) is 0 Å². The summed E-state index contributed by atoms with van der Waals surface area (Å²) >= 11 is 7.27. The third kappa shape index (κ3) is 4.04. The topological polar surface area (TPSA) is 96.8 Å². The minimum atomic E-state index is -0.964. The Bertz CT molecular complexity index is 1560. The predicted molar refractivity (Wildman–Crippen MR) is 138 cm³/mol. The van der Waals surface area contributed by atoms with Crippen LogP contribution in [0.4, 0.5) is 5.13 Å². The van der Waals surface area contributed by atoms with E-state index in [-0.39, 0.29) is 11.3 Å². The highest BCUT2D eigenvalue weighted by molar-refractivity contribution is 7.22. The third-order valence-corrected chi connectivity index (χ3v) is 7.22. The van der Waals surface area contributed by atoms with Crippen LogP contribution in [-0.2, 0) is 14.3 Å². The number of esters is 1. The molecule has 1 aromatic heterocycles. The van der Waals surface area contributed by atoms with Gasteiger partial charge in [-0.25, -0.2) is 9.78 Å². The average molecular weight is 519 g/mol. The molecule has 1 aliphatic heterocycles. The fourth-order valence-corrected chi connectivity index (χ4v) is 5.37. The number of fused-ring (bicyclic) bond motifs is 1. The number of ether oxygens (including phenoxy) is 1. The highest BCUT2D eigenvalue weighted by atomic mass is 35.5. The van der Waals surface area contributed by atoms with E-state index >= 15 is 0 Å². The molecule has 1 unspecified atom stereocenters. The maximum absolute atomic E-state index is 13.4. The Morgan fingerprint density at radius 2 is 1.69 bits per heavy atom. The van der Waals surface area contributed by atoms with E-state index in [9.17, 15) is 19.5 Å². The summed E-state index contributed by atoms with van der Waals surface area (Å²) in [6, 6.07) is 17.4. The van der Waals surface area contributed by atoms with Gasteiger partial charge in [-0.05, 0) is 66.6 Å². The van der Waals surface area contributed by atoms with Gasteiger partial charge in [-0.15, -0.1) is 0 Å². The number of Topliss-reactive ketones (excluding diaryl/α,β-unsaturated/α-hetero) is 1. The first-order valence-electron chi connectivity index (χ1n) is 10.9. The first-order chi connectivity index (χ1) is 17.3. The Morgan fingerprint density at radius 3 is 2.36 bits per heavy atom. The second-order valence-corrected chi connectivity index (χ2v) is 9.70. The zero-order chi connectivity index (χ0) is 25.6. The summed E-state index contributed by atoms with van der Waals surface area (Å²) in [6.07, 6.45) is 0. The molecule has 1 saturated heterocycles. The molecule has 3 aromatic carbocycles. The van der Waals surface area contributed by atoms with Gasteiger partial charge in [0.15, 0.2) is 5.13 Å². The Morgan fingerprint density at radius 1 is 1.03 bits per heavy atom. The van der Waals surface area contributed by atoms with Gasteiger partial charge in [0.25, 0.3) is 5.78 Å². The van der Waals surface area contributed by atoms with Crippen LogP contribution in [0.3, 0.4) is 0 Å². The van der Waals surface area contributed by atoms with Gasteiger partial charge < -0.3 is 9.84 Å². The van der Waals surface area contributed by atoms with E-state index in [4.69, 9.17) is 16.3 Å². The molecule has 1 amide bonds. The minimum absolute atomic E-state index is 0.0800. The summed E-state index contributed by atoms with van der Waals surface area (Å²) in [5.74, 6) is -2.48. The lowest BCUT2D eigenvalue weighted by Gasteiger charge is -2.23. The second kappa shape index (κ2) is 9.22. The van der Waals surface area contributed by atoms with E-state index < -0.39 is 23.7 Å². The molecule has 9 heteroatoms. The zero-order valence-corrected chi connectivity index (χ0v) is 20.8. The van der Waals surface area contributed by atoms with Crippen LogP contribution in [0.5, 0.6) is 0 Å². The van der Waals surface area contributed by atoms with Crippen molar-refractivity contribution < 1.29 is 24.2 Å². The number of halogens is 1. The number of aryl methyl sites for hydroxylation is 1. The second-order valence-electron chi connectivity index (χ2n) is 8.26. The number of benzene rings is 3. The number of carbonyl (C=O) groups excluding carboxylic acids is 3. The van der Waals surface area contributed by atoms with Gasteiger partial charge in [-0.1, -0.05) is 41.1 Å². The number of amides is 1. The molecule has 1 fully saturated rings. The van der Waals surface area contributed by atoms with E-state index in [2.05, 4.69) is 4.98 Å². The number of hydrogen-bond donors (Lipinski definition) is 1. The van der Waals surface area contributed by atoms with Crippen molar-refractivity contribution in [3.63, 3.8) is 0 Å². The number of aliphatic hydroxyl groups excluding tert-OH is 1. The molecule has 0 spiro atoms. The van der Waals surface area contributed by atoms with Gasteiger partial charge in [0, 0.05) is 10.6 Å². The van der Waals surface area contributed by atoms with Crippen LogP contribution in [0.25, 0.3) is 16.0 Å². The molecule has 0 bridgehead atoms. The van der Waals surface area contributed by atoms with Gasteiger partial charge in [0.1, 0.15) is 5.76 Å². The number of nitrogens with zero attached hydrogens (tertiary/aromatic N) is 2. The number of rotatable bonds is 4. The van der Waals surface area contributed by atoms with Crippen molar-refractivity contribution in [1.82, 2.24) is 4.98 Å². The first kappa shape index (κ1) is 23.7. The number of thiazole rings is 1.